The van der Waals surface area contributed by atoms with Gasteiger partial charge in [0, 0.05) is 38.3 Å². The number of nitrogens with one attached hydrogen (secondary N) is 2. The topological polar surface area (TPSA) is 164 Å². The lowest BCUT2D eigenvalue weighted by Gasteiger charge is -2.35. The average molecular weight is 686 g/mol. The molecule has 3 N–H and O–H groups in total. The SMILES string of the molecule is Cc1noc(C)c1NC(=O)N(C)C[C@@H]1OCCCC[C@@H](C)Oc2ccc(NS(=O)(=O)c3ccccc3)cc2C(=O)N([C@@H](C)CO)C[C@H]1C. The zero-order valence-corrected chi connectivity index (χ0v) is 29.2. The van der Waals surface area contributed by atoms with Crippen molar-refractivity contribution in [2.45, 2.75) is 77.0 Å². The molecule has 0 fully saturated rings. The Kier molecular flexibility index (Phi) is 12.5. The molecule has 2 heterocycles. The number of aryl methyl sites for hydroxylation is 2. The predicted octanol–water partition coefficient (Wildman–Crippen LogP) is 5.05. The number of fused-ring (bicyclic) bond motifs is 1. The standard InChI is InChI=1S/C34H47N5O8S/c1-22-19-39(23(2)21-40)33(41)29-18-27(37-48(43,44)28-13-8-7-9-14-28)15-16-30(29)46-24(3)12-10-11-17-45-31(22)20-38(6)34(42)35-32-25(4)36-47-26(32)5/h7-9,13-16,18,22-24,31,37,40H,10-12,17,19-21H2,1-6H3,(H,35,42)/t22-,23+,24-,31+/m1/s1. The summed E-state index contributed by atoms with van der Waals surface area (Å²) in [5.74, 6) is 0.104. The van der Waals surface area contributed by atoms with Crippen LogP contribution in [0.15, 0.2) is 57.9 Å². The highest BCUT2D eigenvalue weighted by Gasteiger charge is 2.31. The first-order valence-electron chi connectivity index (χ1n) is 16.2. The van der Waals surface area contributed by atoms with Crippen LogP contribution in [0, 0.1) is 19.8 Å². The summed E-state index contributed by atoms with van der Waals surface area (Å²) < 4.78 is 46.6. The molecule has 262 valence electrons. The number of carbonyl (C=O) groups is 2. The van der Waals surface area contributed by atoms with Gasteiger partial charge in [0.2, 0.25) is 0 Å². The van der Waals surface area contributed by atoms with E-state index in [-0.39, 0.29) is 53.9 Å². The third kappa shape index (κ3) is 9.26. The number of rotatable bonds is 8. The van der Waals surface area contributed by atoms with Gasteiger partial charge in [0.15, 0.2) is 5.76 Å². The van der Waals surface area contributed by atoms with Crippen molar-refractivity contribution < 1.29 is 37.1 Å². The number of likely N-dealkylation sites (N-methyl/N-ethyl adjacent to an activating group) is 1. The van der Waals surface area contributed by atoms with Crippen molar-refractivity contribution in [3.8, 4) is 5.75 Å². The summed E-state index contributed by atoms with van der Waals surface area (Å²) in [6.45, 7) is 9.60. The van der Waals surface area contributed by atoms with Crippen LogP contribution in [-0.2, 0) is 14.8 Å². The molecule has 0 bridgehead atoms. The van der Waals surface area contributed by atoms with E-state index in [4.69, 9.17) is 14.0 Å². The number of benzene rings is 2. The van der Waals surface area contributed by atoms with Crippen LogP contribution in [0.1, 0.15) is 61.8 Å². The van der Waals surface area contributed by atoms with E-state index in [1.54, 1.807) is 63.1 Å². The largest absolute Gasteiger partial charge is 0.490 e. The Labute approximate surface area is 282 Å². The van der Waals surface area contributed by atoms with Gasteiger partial charge in [-0.15, -0.1) is 0 Å². The summed E-state index contributed by atoms with van der Waals surface area (Å²) in [5, 5.41) is 17.0. The van der Waals surface area contributed by atoms with Gasteiger partial charge in [-0.25, -0.2) is 13.2 Å². The molecule has 13 nitrogen and oxygen atoms in total. The van der Waals surface area contributed by atoms with Gasteiger partial charge in [-0.2, -0.15) is 0 Å². The third-order valence-corrected chi connectivity index (χ3v) is 9.82. The van der Waals surface area contributed by atoms with Crippen LogP contribution in [0.2, 0.25) is 0 Å². The van der Waals surface area contributed by atoms with Gasteiger partial charge in [-0.3, -0.25) is 9.52 Å². The molecule has 0 saturated heterocycles. The molecule has 0 unspecified atom stereocenters. The second-order valence-electron chi connectivity index (χ2n) is 12.4. The second-order valence-corrected chi connectivity index (χ2v) is 14.1. The first-order chi connectivity index (χ1) is 22.8. The quantitative estimate of drug-likeness (QED) is 0.294. The van der Waals surface area contributed by atoms with Gasteiger partial charge < -0.3 is 34.2 Å². The van der Waals surface area contributed by atoms with E-state index in [1.807, 2.05) is 13.8 Å². The lowest BCUT2D eigenvalue weighted by molar-refractivity contribution is -0.0115. The molecule has 1 aromatic heterocycles. The number of hydrogen-bond acceptors (Lipinski definition) is 9. The number of ether oxygens (including phenoxy) is 2. The Hall–Kier alpha value is -4.14. The fraction of sp³-hybridized carbons (Fsp3) is 0.500. The molecule has 3 amide bonds. The smallest absolute Gasteiger partial charge is 0.321 e. The fourth-order valence-corrected chi connectivity index (χ4v) is 6.55. The van der Waals surface area contributed by atoms with E-state index in [1.165, 1.54) is 23.1 Å². The Morgan fingerprint density at radius 3 is 2.54 bits per heavy atom. The number of amides is 3. The number of urea groups is 1. The summed E-state index contributed by atoms with van der Waals surface area (Å²) in [6.07, 6.45) is 1.55. The molecular formula is C34H47N5O8S. The fourth-order valence-electron chi connectivity index (χ4n) is 5.48. The van der Waals surface area contributed by atoms with Crippen LogP contribution in [-0.4, -0.2) is 92.0 Å². The summed E-state index contributed by atoms with van der Waals surface area (Å²) in [4.78, 5) is 30.7. The highest BCUT2D eigenvalue weighted by Crippen LogP contribution is 2.30. The zero-order chi connectivity index (χ0) is 35.0. The molecule has 0 spiro atoms. The first kappa shape index (κ1) is 36.7. The summed E-state index contributed by atoms with van der Waals surface area (Å²) in [6, 6.07) is 11.6. The van der Waals surface area contributed by atoms with Crippen molar-refractivity contribution in [1.82, 2.24) is 15.0 Å². The zero-order valence-electron chi connectivity index (χ0n) is 28.4. The van der Waals surface area contributed by atoms with Crippen LogP contribution in [0.25, 0.3) is 0 Å². The molecule has 3 aromatic rings. The van der Waals surface area contributed by atoms with Crippen molar-refractivity contribution in [2.24, 2.45) is 5.92 Å². The number of aromatic nitrogens is 1. The predicted molar refractivity (Wildman–Crippen MR) is 182 cm³/mol. The second kappa shape index (κ2) is 16.3. The lowest BCUT2D eigenvalue weighted by Crippen LogP contribution is -2.48. The lowest BCUT2D eigenvalue weighted by atomic mass is 10.0. The van der Waals surface area contributed by atoms with E-state index in [9.17, 15) is 23.1 Å². The minimum Gasteiger partial charge on any atom is -0.490 e. The molecule has 0 saturated carbocycles. The normalized spacial score (nSPS) is 20.2. The number of carbonyl (C=O) groups excluding carboxylic acids is 2. The molecule has 14 heteroatoms. The maximum absolute atomic E-state index is 14.4. The maximum Gasteiger partial charge on any atom is 0.321 e. The number of aliphatic hydroxyl groups excluding tert-OH is 1. The van der Waals surface area contributed by atoms with Gasteiger partial charge in [0.1, 0.15) is 17.1 Å². The third-order valence-electron chi connectivity index (χ3n) is 8.42. The summed E-state index contributed by atoms with van der Waals surface area (Å²) >= 11 is 0. The molecule has 1 aliphatic heterocycles. The Morgan fingerprint density at radius 2 is 1.88 bits per heavy atom. The number of aliphatic hydroxyl groups is 1. The summed E-state index contributed by atoms with van der Waals surface area (Å²) in [5.41, 5.74) is 1.44. The van der Waals surface area contributed by atoms with Crippen molar-refractivity contribution in [3.05, 3.63) is 65.5 Å². The first-order valence-corrected chi connectivity index (χ1v) is 17.7. The van der Waals surface area contributed by atoms with Crippen LogP contribution in [0.3, 0.4) is 0 Å². The van der Waals surface area contributed by atoms with E-state index < -0.39 is 28.1 Å². The van der Waals surface area contributed by atoms with Crippen molar-refractivity contribution in [2.75, 3.05) is 43.4 Å². The molecule has 0 radical (unpaired) electrons. The number of nitrogens with zero attached hydrogens (tertiary/aromatic N) is 3. The molecular weight excluding hydrogens is 638 g/mol. The van der Waals surface area contributed by atoms with Gasteiger partial charge in [-0.05, 0) is 77.3 Å². The van der Waals surface area contributed by atoms with Crippen LogP contribution < -0.4 is 14.8 Å². The molecule has 1 aliphatic rings. The molecule has 2 aromatic carbocycles. The van der Waals surface area contributed by atoms with Crippen molar-refractivity contribution >= 4 is 33.3 Å². The van der Waals surface area contributed by atoms with E-state index in [0.717, 1.165) is 12.8 Å². The van der Waals surface area contributed by atoms with E-state index in [2.05, 4.69) is 15.2 Å². The monoisotopic (exact) mass is 685 g/mol. The van der Waals surface area contributed by atoms with Gasteiger partial charge in [-0.1, -0.05) is 30.3 Å². The highest BCUT2D eigenvalue weighted by molar-refractivity contribution is 7.92. The highest BCUT2D eigenvalue weighted by atomic mass is 32.2. The Balaban J connectivity index is 1.63. The van der Waals surface area contributed by atoms with Gasteiger partial charge in [0.05, 0.1) is 35.3 Å². The molecule has 0 aliphatic carbocycles. The van der Waals surface area contributed by atoms with Crippen molar-refractivity contribution in [1.29, 1.82) is 0 Å². The van der Waals surface area contributed by atoms with Gasteiger partial charge in [0.25, 0.3) is 15.9 Å². The van der Waals surface area contributed by atoms with Gasteiger partial charge >= 0.3 is 6.03 Å². The Bertz CT molecular complexity index is 1630. The average Bonchev–Trinajstić information content (AvgIpc) is 3.38. The minimum absolute atomic E-state index is 0.0852. The van der Waals surface area contributed by atoms with Crippen LogP contribution >= 0.6 is 0 Å². The number of hydrogen-bond donors (Lipinski definition) is 3. The molecule has 4 rings (SSSR count). The number of sulfonamides is 1. The molecule has 4 atom stereocenters. The number of anilines is 2. The van der Waals surface area contributed by atoms with Crippen LogP contribution in [0.4, 0.5) is 16.2 Å². The summed E-state index contributed by atoms with van der Waals surface area (Å²) in [7, 11) is -2.26. The minimum atomic E-state index is -3.93. The van der Waals surface area contributed by atoms with Crippen LogP contribution in [0.5, 0.6) is 5.75 Å². The van der Waals surface area contributed by atoms with Crippen molar-refractivity contribution in [3.63, 3.8) is 0 Å². The Morgan fingerprint density at radius 1 is 1.15 bits per heavy atom. The van der Waals surface area contributed by atoms with E-state index >= 15 is 0 Å². The molecule has 48 heavy (non-hydrogen) atoms. The van der Waals surface area contributed by atoms with E-state index in [0.29, 0.717) is 35.9 Å². The maximum atomic E-state index is 14.4.